The second kappa shape index (κ2) is 9.56. The Kier molecular flexibility index (Phi) is 7.16. The molecule has 27 heavy (non-hydrogen) atoms. The third-order valence-electron chi connectivity index (χ3n) is 4.07. The van der Waals surface area contributed by atoms with E-state index >= 15 is 0 Å². The number of nitrogens with zero attached hydrogens (tertiary/aromatic N) is 1. The van der Waals surface area contributed by atoms with Gasteiger partial charge >= 0.3 is 0 Å². The van der Waals surface area contributed by atoms with Crippen LogP contribution in [0, 0.1) is 5.92 Å². The molecule has 0 fully saturated rings. The van der Waals surface area contributed by atoms with E-state index in [1.54, 1.807) is 36.7 Å². The molecule has 144 valence electrons. The third kappa shape index (κ3) is 5.44. The topological polar surface area (TPSA) is 89.5 Å². The first-order valence-electron chi connectivity index (χ1n) is 8.65. The Labute approximate surface area is 159 Å². The minimum atomic E-state index is -0.665. The van der Waals surface area contributed by atoms with Crippen LogP contribution < -0.4 is 20.1 Å². The smallest absolute Gasteiger partial charge is 0.252 e. The number of hydrogen-bond acceptors (Lipinski definition) is 5. The van der Waals surface area contributed by atoms with Crippen molar-refractivity contribution in [2.75, 3.05) is 14.2 Å². The van der Waals surface area contributed by atoms with Crippen LogP contribution in [-0.2, 0) is 11.3 Å². The summed E-state index contributed by atoms with van der Waals surface area (Å²) in [7, 11) is 3.03. The molecule has 0 aliphatic heterocycles. The molecule has 2 amide bonds. The van der Waals surface area contributed by atoms with E-state index in [1.165, 1.54) is 14.2 Å². The maximum absolute atomic E-state index is 12.6. The van der Waals surface area contributed by atoms with Gasteiger partial charge in [0.25, 0.3) is 5.91 Å². The lowest BCUT2D eigenvalue weighted by molar-refractivity contribution is -0.124. The Morgan fingerprint density at radius 3 is 2.44 bits per heavy atom. The minimum absolute atomic E-state index is 0.0806. The number of methoxy groups -OCH3 is 2. The summed E-state index contributed by atoms with van der Waals surface area (Å²) in [6.45, 7) is 4.11. The number of rotatable bonds is 8. The molecule has 0 saturated heterocycles. The molecule has 2 aromatic rings. The average Bonchev–Trinajstić information content (AvgIpc) is 2.69. The summed E-state index contributed by atoms with van der Waals surface area (Å²) in [6, 6.07) is 7.88. The number of pyridine rings is 1. The third-order valence-corrected chi connectivity index (χ3v) is 4.07. The van der Waals surface area contributed by atoms with Crippen LogP contribution in [0.1, 0.15) is 29.8 Å². The first-order valence-corrected chi connectivity index (χ1v) is 8.65. The summed E-state index contributed by atoms with van der Waals surface area (Å²) in [4.78, 5) is 29.2. The van der Waals surface area contributed by atoms with Crippen LogP contribution >= 0.6 is 0 Å². The monoisotopic (exact) mass is 371 g/mol. The lowest BCUT2D eigenvalue weighted by atomic mass is 10.0. The number of hydrogen-bond donors (Lipinski definition) is 2. The SMILES string of the molecule is COc1ccc(C(=O)N[C@@H](C(=O)NCc2cccnc2)C(C)C)cc1OC. The highest BCUT2D eigenvalue weighted by molar-refractivity contribution is 5.98. The molecule has 0 aliphatic rings. The first kappa shape index (κ1) is 20.2. The Bertz CT molecular complexity index is 778. The fourth-order valence-electron chi connectivity index (χ4n) is 2.54. The van der Waals surface area contributed by atoms with E-state index in [0.29, 0.717) is 23.6 Å². The maximum Gasteiger partial charge on any atom is 0.252 e. The molecule has 1 aromatic heterocycles. The van der Waals surface area contributed by atoms with E-state index < -0.39 is 6.04 Å². The van der Waals surface area contributed by atoms with Crippen molar-refractivity contribution in [3.63, 3.8) is 0 Å². The lowest BCUT2D eigenvalue weighted by Crippen LogP contribution is -2.49. The van der Waals surface area contributed by atoms with Crippen molar-refractivity contribution in [2.24, 2.45) is 5.92 Å². The number of benzene rings is 1. The quantitative estimate of drug-likeness (QED) is 0.742. The first-order chi connectivity index (χ1) is 13.0. The van der Waals surface area contributed by atoms with Gasteiger partial charge in [0, 0.05) is 24.5 Å². The molecular weight excluding hydrogens is 346 g/mol. The number of carbonyl (C=O) groups is 2. The molecule has 2 rings (SSSR count). The molecule has 0 unspecified atom stereocenters. The number of carbonyl (C=O) groups excluding carboxylic acids is 2. The highest BCUT2D eigenvalue weighted by Crippen LogP contribution is 2.27. The Hall–Kier alpha value is -3.09. The molecule has 1 heterocycles. The van der Waals surface area contributed by atoms with Crippen LogP contribution in [0.5, 0.6) is 11.5 Å². The van der Waals surface area contributed by atoms with Crippen molar-refractivity contribution in [2.45, 2.75) is 26.4 Å². The molecule has 0 bridgehead atoms. The van der Waals surface area contributed by atoms with E-state index in [-0.39, 0.29) is 17.7 Å². The van der Waals surface area contributed by atoms with Gasteiger partial charge in [0.15, 0.2) is 11.5 Å². The maximum atomic E-state index is 12.6. The van der Waals surface area contributed by atoms with Gasteiger partial charge in [-0.15, -0.1) is 0 Å². The second-order valence-electron chi connectivity index (χ2n) is 6.34. The Morgan fingerprint density at radius 1 is 1.11 bits per heavy atom. The van der Waals surface area contributed by atoms with Gasteiger partial charge in [-0.05, 0) is 35.7 Å². The molecule has 0 aliphatic carbocycles. The van der Waals surface area contributed by atoms with Crippen LogP contribution in [-0.4, -0.2) is 37.1 Å². The van der Waals surface area contributed by atoms with Crippen molar-refractivity contribution in [3.05, 3.63) is 53.9 Å². The lowest BCUT2D eigenvalue weighted by Gasteiger charge is -2.22. The van der Waals surface area contributed by atoms with E-state index in [4.69, 9.17) is 9.47 Å². The number of nitrogens with one attached hydrogen (secondary N) is 2. The summed E-state index contributed by atoms with van der Waals surface area (Å²) < 4.78 is 10.4. The zero-order chi connectivity index (χ0) is 19.8. The molecule has 7 heteroatoms. The van der Waals surface area contributed by atoms with E-state index in [0.717, 1.165) is 5.56 Å². The number of ether oxygens (including phenoxy) is 2. The molecule has 2 N–H and O–H groups in total. The molecule has 0 saturated carbocycles. The summed E-state index contributed by atoms with van der Waals surface area (Å²) >= 11 is 0. The van der Waals surface area contributed by atoms with Gasteiger partial charge in [-0.2, -0.15) is 0 Å². The van der Waals surface area contributed by atoms with Crippen LogP contribution in [0.15, 0.2) is 42.7 Å². The van der Waals surface area contributed by atoms with Crippen LogP contribution in [0.4, 0.5) is 0 Å². The standard InChI is InChI=1S/C20H25N3O4/c1-13(2)18(20(25)22-12-14-6-5-9-21-11-14)23-19(24)15-7-8-16(26-3)17(10-15)27-4/h5-11,13,18H,12H2,1-4H3,(H,22,25)(H,23,24)/t18-/m1/s1. The molecule has 1 aromatic carbocycles. The fourth-order valence-corrected chi connectivity index (χ4v) is 2.54. The fraction of sp³-hybridized carbons (Fsp3) is 0.350. The van der Waals surface area contributed by atoms with Gasteiger partial charge in [0.2, 0.25) is 5.91 Å². The minimum Gasteiger partial charge on any atom is -0.493 e. The Morgan fingerprint density at radius 2 is 1.85 bits per heavy atom. The second-order valence-corrected chi connectivity index (χ2v) is 6.34. The Balaban J connectivity index is 2.06. The van der Waals surface area contributed by atoms with Crippen molar-refractivity contribution in [1.29, 1.82) is 0 Å². The number of amides is 2. The van der Waals surface area contributed by atoms with E-state index in [9.17, 15) is 9.59 Å². The van der Waals surface area contributed by atoms with Gasteiger partial charge in [0.1, 0.15) is 6.04 Å². The van der Waals surface area contributed by atoms with Crippen LogP contribution in [0.3, 0.4) is 0 Å². The summed E-state index contributed by atoms with van der Waals surface area (Å²) in [5, 5.41) is 5.63. The van der Waals surface area contributed by atoms with Crippen molar-refractivity contribution in [3.8, 4) is 11.5 Å². The number of aromatic nitrogens is 1. The zero-order valence-corrected chi connectivity index (χ0v) is 16.0. The van der Waals surface area contributed by atoms with Gasteiger partial charge in [-0.25, -0.2) is 0 Å². The predicted molar refractivity (Wildman–Crippen MR) is 102 cm³/mol. The van der Waals surface area contributed by atoms with Crippen molar-refractivity contribution >= 4 is 11.8 Å². The summed E-state index contributed by atoms with van der Waals surface area (Å²) in [5.41, 5.74) is 1.28. The van der Waals surface area contributed by atoms with E-state index in [2.05, 4.69) is 15.6 Å². The normalized spacial score (nSPS) is 11.6. The summed E-state index contributed by atoms with van der Waals surface area (Å²) in [6.07, 6.45) is 3.36. The van der Waals surface area contributed by atoms with Gasteiger partial charge < -0.3 is 20.1 Å². The molecule has 7 nitrogen and oxygen atoms in total. The largest absolute Gasteiger partial charge is 0.493 e. The molecular formula is C20H25N3O4. The molecule has 1 atom stereocenters. The molecule has 0 spiro atoms. The average molecular weight is 371 g/mol. The zero-order valence-electron chi connectivity index (χ0n) is 16.0. The highest BCUT2D eigenvalue weighted by atomic mass is 16.5. The van der Waals surface area contributed by atoms with Crippen molar-refractivity contribution < 1.29 is 19.1 Å². The van der Waals surface area contributed by atoms with E-state index in [1.807, 2.05) is 19.9 Å². The molecule has 0 radical (unpaired) electrons. The summed E-state index contributed by atoms with van der Waals surface area (Å²) in [5.74, 6) is 0.299. The van der Waals surface area contributed by atoms with Crippen molar-refractivity contribution in [1.82, 2.24) is 15.6 Å². The van der Waals surface area contributed by atoms with Crippen LogP contribution in [0.2, 0.25) is 0 Å². The predicted octanol–water partition coefficient (Wildman–Crippen LogP) is 2.17. The van der Waals surface area contributed by atoms with Gasteiger partial charge in [-0.1, -0.05) is 19.9 Å². The van der Waals surface area contributed by atoms with Gasteiger partial charge in [-0.3, -0.25) is 14.6 Å². The highest BCUT2D eigenvalue weighted by Gasteiger charge is 2.25. The van der Waals surface area contributed by atoms with Gasteiger partial charge in [0.05, 0.1) is 14.2 Å². The van der Waals surface area contributed by atoms with Crippen LogP contribution in [0.25, 0.3) is 0 Å².